The Morgan fingerprint density at radius 1 is 1.07 bits per heavy atom. The molecule has 4 rings (SSSR count). The number of hydrogen-bond donors (Lipinski definition) is 2. The van der Waals surface area contributed by atoms with Crippen LogP contribution in [0, 0.1) is 27.7 Å². The van der Waals surface area contributed by atoms with Crippen molar-refractivity contribution in [2.24, 2.45) is 5.10 Å². The van der Waals surface area contributed by atoms with Gasteiger partial charge in [-0.1, -0.05) is 11.6 Å². The number of anilines is 1. The maximum atomic E-state index is 12.6. The summed E-state index contributed by atoms with van der Waals surface area (Å²) < 4.78 is 1.63. The van der Waals surface area contributed by atoms with Crippen LogP contribution in [0.15, 0.2) is 29.4 Å². The summed E-state index contributed by atoms with van der Waals surface area (Å²) in [6, 6.07) is 7.97. The van der Waals surface area contributed by atoms with Gasteiger partial charge in [-0.3, -0.25) is 9.59 Å². The number of hydrogen-bond acceptors (Lipinski definition) is 5. The van der Waals surface area contributed by atoms with Crippen LogP contribution in [0.5, 0.6) is 0 Å². The average molecular weight is 390 g/mol. The second kappa shape index (κ2) is 7.12. The highest BCUT2D eigenvalue weighted by atomic mass is 16.2. The Labute approximate surface area is 168 Å². The van der Waals surface area contributed by atoms with Crippen molar-refractivity contribution >= 4 is 34.2 Å². The lowest BCUT2D eigenvalue weighted by Crippen LogP contribution is -2.33. The maximum absolute atomic E-state index is 12.6. The highest BCUT2D eigenvalue weighted by Crippen LogP contribution is 2.26. The van der Waals surface area contributed by atoms with Crippen molar-refractivity contribution < 1.29 is 9.59 Å². The van der Waals surface area contributed by atoms with Crippen LogP contribution in [-0.2, 0) is 9.59 Å². The van der Waals surface area contributed by atoms with E-state index in [1.807, 2.05) is 26.8 Å². The van der Waals surface area contributed by atoms with Crippen LogP contribution in [0.3, 0.4) is 0 Å². The quantitative estimate of drug-likeness (QED) is 0.718. The van der Waals surface area contributed by atoms with Crippen LogP contribution in [0.2, 0.25) is 0 Å². The van der Waals surface area contributed by atoms with Crippen molar-refractivity contribution in [2.75, 3.05) is 5.32 Å². The molecule has 0 saturated carbocycles. The van der Waals surface area contributed by atoms with E-state index in [1.54, 1.807) is 10.7 Å². The second-order valence-electron chi connectivity index (χ2n) is 7.41. The molecule has 29 heavy (non-hydrogen) atoms. The summed E-state index contributed by atoms with van der Waals surface area (Å²) >= 11 is 0. The molecule has 2 N–H and O–H groups in total. The number of fused-ring (bicyclic) bond motifs is 1. The zero-order valence-corrected chi connectivity index (χ0v) is 16.8. The van der Waals surface area contributed by atoms with Gasteiger partial charge in [0.15, 0.2) is 5.82 Å². The zero-order valence-electron chi connectivity index (χ0n) is 16.8. The number of rotatable bonds is 3. The lowest BCUT2D eigenvalue weighted by Gasteiger charge is -2.14. The molecule has 8 heteroatoms. The van der Waals surface area contributed by atoms with Gasteiger partial charge in [-0.25, -0.2) is 10.4 Å². The molecule has 0 unspecified atom stereocenters. The first-order valence-corrected chi connectivity index (χ1v) is 9.44. The fraction of sp³-hybridized carbons (Fsp3) is 0.286. The van der Waals surface area contributed by atoms with Gasteiger partial charge in [-0.15, -0.1) is 0 Å². The van der Waals surface area contributed by atoms with Gasteiger partial charge in [0.05, 0.1) is 11.2 Å². The number of aromatic nitrogens is 3. The Morgan fingerprint density at radius 2 is 1.86 bits per heavy atom. The summed E-state index contributed by atoms with van der Waals surface area (Å²) in [5.74, 6) is 0.576. The lowest BCUT2D eigenvalue weighted by atomic mass is 10.0. The summed E-state index contributed by atoms with van der Waals surface area (Å²) in [7, 11) is 0. The molecule has 0 radical (unpaired) electrons. The molecule has 0 saturated heterocycles. The Morgan fingerprint density at radius 3 is 2.59 bits per heavy atom. The topological polar surface area (TPSA) is 101 Å². The van der Waals surface area contributed by atoms with Gasteiger partial charge in [0.25, 0.3) is 5.91 Å². The van der Waals surface area contributed by atoms with Crippen LogP contribution < -0.4 is 10.7 Å². The molecule has 2 aromatic heterocycles. The Balaban J connectivity index is 1.73. The Kier molecular flexibility index (Phi) is 4.62. The van der Waals surface area contributed by atoms with Gasteiger partial charge < -0.3 is 5.32 Å². The normalized spacial score (nSPS) is 13.9. The predicted molar refractivity (Wildman–Crippen MR) is 111 cm³/mol. The molecule has 1 aliphatic rings. The largest absolute Gasteiger partial charge is 0.305 e. The van der Waals surface area contributed by atoms with Crippen molar-refractivity contribution in [2.45, 2.75) is 40.5 Å². The zero-order chi connectivity index (χ0) is 20.7. The van der Waals surface area contributed by atoms with Gasteiger partial charge in [0, 0.05) is 24.3 Å². The van der Waals surface area contributed by atoms with E-state index in [-0.39, 0.29) is 23.9 Å². The molecule has 1 aromatic carbocycles. The number of benzene rings is 1. The van der Waals surface area contributed by atoms with E-state index in [4.69, 9.17) is 4.98 Å². The van der Waals surface area contributed by atoms with Crippen molar-refractivity contribution in [1.82, 2.24) is 20.2 Å². The van der Waals surface area contributed by atoms with Crippen LogP contribution in [0.25, 0.3) is 16.7 Å². The van der Waals surface area contributed by atoms with Crippen molar-refractivity contribution in [1.29, 1.82) is 0 Å². The third kappa shape index (κ3) is 3.61. The van der Waals surface area contributed by atoms with E-state index >= 15 is 0 Å². The van der Waals surface area contributed by atoms with Gasteiger partial charge in [-0.05, 0) is 51.0 Å². The fourth-order valence-electron chi connectivity index (χ4n) is 3.53. The third-order valence-electron chi connectivity index (χ3n) is 4.90. The van der Waals surface area contributed by atoms with Crippen molar-refractivity contribution in [3.63, 3.8) is 0 Å². The van der Waals surface area contributed by atoms with Crippen LogP contribution in [0.1, 0.15) is 35.2 Å². The first-order valence-electron chi connectivity index (χ1n) is 9.44. The third-order valence-corrected chi connectivity index (χ3v) is 4.90. The van der Waals surface area contributed by atoms with E-state index in [1.165, 1.54) is 5.56 Å². The molecule has 0 bridgehead atoms. The number of pyridine rings is 1. The van der Waals surface area contributed by atoms with E-state index in [0.29, 0.717) is 18.1 Å². The summed E-state index contributed by atoms with van der Waals surface area (Å²) in [6.07, 6.45) is 0.547. The van der Waals surface area contributed by atoms with E-state index in [9.17, 15) is 9.59 Å². The van der Waals surface area contributed by atoms with Gasteiger partial charge in [-0.2, -0.15) is 14.9 Å². The summed E-state index contributed by atoms with van der Waals surface area (Å²) in [5, 5.41) is 12.3. The summed E-state index contributed by atoms with van der Waals surface area (Å²) in [6.45, 7) is 8.01. The maximum Gasteiger partial charge on any atom is 0.273 e. The molecule has 1 aliphatic heterocycles. The molecule has 148 valence electrons. The number of aryl methyl sites for hydroxylation is 4. The molecule has 0 atom stereocenters. The highest BCUT2D eigenvalue weighted by molar-refractivity contribution is 6.43. The first-order chi connectivity index (χ1) is 13.8. The first kappa shape index (κ1) is 18.8. The van der Waals surface area contributed by atoms with Gasteiger partial charge >= 0.3 is 0 Å². The van der Waals surface area contributed by atoms with Crippen LogP contribution >= 0.6 is 0 Å². The fourth-order valence-corrected chi connectivity index (χ4v) is 3.53. The van der Waals surface area contributed by atoms with Crippen LogP contribution in [-0.4, -0.2) is 32.3 Å². The number of nitrogens with one attached hydrogen (secondary N) is 2. The molecular weight excluding hydrogens is 368 g/mol. The van der Waals surface area contributed by atoms with Gasteiger partial charge in [0.1, 0.15) is 11.5 Å². The molecule has 0 fully saturated rings. The minimum atomic E-state index is -0.365. The lowest BCUT2D eigenvalue weighted by molar-refractivity contribution is -0.121. The number of carbonyl (C=O) groups excluding carboxylic acids is 2. The molecule has 2 amide bonds. The average Bonchev–Trinajstić information content (AvgIpc) is 3.03. The summed E-state index contributed by atoms with van der Waals surface area (Å²) in [4.78, 5) is 28.6. The molecule has 3 aromatic rings. The molecule has 3 heterocycles. The van der Waals surface area contributed by atoms with Gasteiger partial charge in [0.2, 0.25) is 5.91 Å². The summed E-state index contributed by atoms with van der Waals surface area (Å²) in [5.41, 5.74) is 7.65. The Hall–Kier alpha value is -3.55. The molecule has 0 aliphatic carbocycles. The number of nitrogens with zero attached hydrogens (tertiary/aromatic N) is 4. The smallest absolute Gasteiger partial charge is 0.273 e. The van der Waals surface area contributed by atoms with E-state index in [0.717, 1.165) is 27.7 Å². The molecule has 0 spiro atoms. The van der Waals surface area contributed by atoms with E-state index in [2.05, 4.69) is 40.0 Å². The highest BCUT2D eigenvalue weighted by Gasteiger charge is 2.21. The minimum absolute atomic E-state index is 0.191. The minimum Gasteiger partial charge on any atom is -0.305 e. The molecule has 8 nitrogen and oxygen atoms in total. The van der Waals surface area contributed by atoms with Crippen molar-refractivity contribution in [3.8, 4) is 5.82 Å². The number of amides is 2. The van der Waals surface area contributed by atoms with Crippen LogP contribution in [0.4, 0.5) is 5.82 Å². The standard InChI is InChI=1S/C21H22N6O2/c1-11-7-13(3)20-15(8-11)12(2)9-17(22-20)27-18(10-14(4)26-27)23-21(29)16-5-6-19(28)25-24-16/h7-10H,5-6H2,1-4H3,(H,23,29)(H,25,28). The van der Waals surface area contributed by atoms with Crippen molar-refractivity contribution in [3.05, 3.63) is 46.6 Å². The number of hydrazone groups is 1. The van der Waals surface area contributed by atoms with E-state index < -0.39 is 0 Å². The molecular formula is C21H22N6O2. The monoisotopic (exact) mass is 390 g/mol. The Bertz CT molecular complexity index is 1190. The SMILES string of the molecule is Cc1cc(C)c2nc(-n3nc(C)cc3NC(=O)C3=NNC(=O)CC3)cc(C)c2c1. The second-order valence-corrected chi connectivity index (χ2v) is 7.41. The number of carbonyl (C=O) groups is 2. The predicted octanol–water partition coefficient (Wildman–Crippen LogP) is 2.86.